The van der Waals surface area contributed by atoms with Gasteiger partial charge in [0.2, 0.25) is 5.91 Å². The molecule has 3 atom stereocenters. The minimum Gasteiger partial charge on any atom is -0.379 e. The van der Waals surface area contributed by atoms with Crippen molar-refractivity contribution in [3.05, 3.63) is 35.9 Å². The van der Waals surface area contributed by atoms with Gasteiger partial charge in [-0.25, -0.2) is 0 Å². The lowest BCUT2D eigenvalue weighted by Crippen LogP contribution is -2.46. The topological polar surface area (TPSA) is 55.6 Å². The highest BCUT2D eigenvalue weighted by Gasteiger charge is 2.35. The van der Waals surface area contributed by atoms with Crippen LogP contribution in [0.25, 0.3) is 0 Å². The van der Waals surface area contributed by atoms with E-state index in [0.29, 0.717) is 19.8 Å². The van der Waals surface area contributed by atoms with E-state index in [9.17, 15) is 4.79 Å². The third-order valence-corrected chi connectivity index (χ3v) is 4.04. The van der Waals surface area contributed by atoms with Gasteiger partial charge in [0.15, 0.2) is 0 Å². The number of rotatable bonds is 5. The highest BCUT2D eigenvalue weighted by atomic mass is 16.5. The Labute approximate surface area is 120 Å². The predicted octanol–water partition coefficient (Wildman–Crippen LogP) is 1.79. The lowest BCUT2D eigenvalue weighted by molar-refractivity contribution is -0.138. The van der Waals surface area contributed by atoms with Crippen LogP contribution >= 0.6 is 0 Å². The first kappa shape index (κ1) is 15.0. The summed E-state index contributed by atoms with van der Waals surface area (Å²) in [6.45, 7) is 5.75. The molecule has 1 aromatic rings. The van der Waals surface area contributed by atoms with Gasteiger partial charge >= 0.3 is 0 Å². The lowest BCUT2D eigenvalue weighted by atomic mass is 10.0. The van der Waals surface area contributed by atoms with Crippen LogP contribution in [0, 0.1) is 5.92 Å². The zero-order chi connectivity index (χ0) is 14.5. The number of nitrogens with two attached hydrogens (primary N) is 1. The van der Waals surface area contributed by atoms with E-state index in [4.69, 9.17) is 10.5 Å². The van der Waals surface area contributed by atoms with Crippen molar-refractivity contribution in [3.8, 4) is 0 Å². The number of hydrogen-bond acceptors (Lipinski definition) is 3. The molecule has 3 unspecified atom stereocenters. The van der Waals surface area contributed by atoms with Crippen LogP contribution in [0.4, 0.5) is 0 Å². The highest BCUT2D eigenvalue weighted by molar-refractivity contribution is 5.80. The molecule has 1 aromatic carbocycles. The van der Waals surface area contributed by atoms with Crippen LogP contribution in [0.2, 0.25) is 0 Å². The molecule has 0 spiro atoms. The minimum absolute atomic E-state index is 0.119. The van der Waals surface area contributed by atoms with Gasteiger partial charge in [0.1, 0.15) is 0 Å². The van der Waals surface area contributed by atoms with Crippen LogP contribution in [-0.4, -0.2) is 36.1 Å². The molecule has 4 nitrogen and oxygen atoms in total. The zero-order valence-electron chi connectivity index (χ0n) is 12.3. The molecule has 1 aliphatic rings. The maximum atomic E-state index is 12.7. The van der Waals surface area contributed by atoms with E-state index in [2.05, 4.69) is 13.8 Å². The zero-order valence-corrected chi connectivity index (χ0v) is 12.3. The molecule has 0 aliphatic carbocycles. The molecular formula is C16H24N2O2. The number of carbonyl (C=O) groups is 1. The number of ether oxygens (including phenoxy) is 1. The molecule has 1 aliphatic heterocycles. The number of benzene rings is 1. The summed E-state index contributed by atoms with van der Waals surface area (Å²) in [5, 5.41) is 0. The molecule has 1 fully saturated rings. The van der Waals surface area contributed by atoms with Gasteiger partial charge in [-0.1, -0.05) is 37.3 Å². The van der Waals surface area contributed by atoms with Gasteiger partial charge in [0.05, 0.1) is 19.1 Å². The van der Waals surface area contributed by atoms with Crippen molar-refractivity contribution in [2.75, 3.05) is 13.2 Å². The van der Waals surface area contributed by atoms with Crippen molar-refractivity contribution < 1.29 is 9.53 Å². The van der Waals surface area contributed by atoms with Crippen molar-refractivity contribution in [3.63, 3.8) is 0 Å². The van der Waals surface area contributed by atoms with E-state index in [-0.39, 0.29) is 23.9 Å². The minimum atomic E-state index is -0.201. The number of hydrogen-bond donors (Lipinski definition) is 1. The summed E-state index contributed by atoms with van der Waals surface area (Å²) in [7, 11) is 0. The second-order valence-electron chi connectivity index (χ2n) is 5.52. The fourth-order valence-electron chi connectivity index (χ4n) is 2.49. The van der Waals surface area contributed by atoms with Gasteiger partial charge in [-0.05, 0) is 18.9 Å². The monoisotopic (exact) mass is 276 g/mol. The lowest BCUT2D eigenvalue weighted by Gasteiger charge is -2.31. The molecule has 0 saturated carbocycles. The maximum absolute atomic E-state index is 12.7. The van der Waals surface area contributed by atoms with Crippen LogP contribution in [0.3, 0.4) is 0 Å². The first-order chi connectivity index (χ1) is 9.63. The number of amides is 1. The Morgan fingerprint density at radius 2 is 2.10 bits per heavy atom. The second-order valence-corrected chi connectivity index (χ2v) is 5.52. The third kappa shape index (κ3) is 3.38. The van der Waals surface area contributed by atoms with Gasteiger partial charge in [0.25, 0.3) is 0 Å². The summed E-state index contributed by atoms with van der Waals surface area (Å²) in [4.78, 5) is 14.7. The fourth-order valence-corrected chi connectivity index (χ4v) is 2.49. The summed E-state index contributed by atoms with van der Waals surface area (Å²) in [6, 6.07) is 10.1. The summed E-state index contributed by atoms with van der Waals surface area (Å²) >= 11 is 0. The molecule has 2 N–H and O–H groups in total. The average molecular weight is 276 g/mol. The molecule has 0 radical (unpaired) electrons. The molecule has 1 amide bonds. The van der Waals surface area contributed by atoms with Gasteiger partial charge < -0.3 is 15.4 Å². The summed E-state index contributed by atoms with van der Waals surface area (Å²) in [5.41, 5.74) is 7.13. The van der Waals surface area contributed by atoms with Crippen molar-refractivity contribution in [2.24, 2.45) is 11.7 Å². The van der Waals surface area contributed by atoms with Crippen LogP contribution < -0.4 is 5.73 Å². The van der Waals surface area contributed by atoms with Gasteiger partial charge in [-0.2, -0.15) is 0 Å². The first-order valence-corrected chi connectivity index (χ1v) is 7.31. The Hall–Kier alpha value is -1.39. The normalized spacial score (nSPS) is 23.6. The molecule has 110 valence electrons. The van der Waals surface area contributed by atoms with Crippen molar-refractivity contribution in [1.82, 2.24) is 4.90 Å². The molecule has 0 aromatic heterocycles. The van der Waals surface area contributed by atoms with Crippen LogP contribution in [0.15, 0.2) is 30.3 Å². The third-order valence-electron chi connectivity index (χ3n) is 4.04. The molecule has 20 heavy (non-hydrogen) atoms. The molecule has 2 rings (SSSR count). The first-order valence-electron chi connectivity index (χ1n) is 7.31. The van der Waals surface area contributed by atoms with Gasteiger partial charge in [-0.3, -0.25) is 4.79 Å². The Morgan fingerprint density at radius 1 is 1.40 bits per heavy atom. The number of nitrogens with zero attached hydrogens (tertiary/aromatic N) is 1. The summed E-state index contributed by atoms with van der Waals surface area (Å²) in [6.07, 6.45) is 0.932. The Morgan fingerprint density at radius 3 is 2.65 bits per heavy atom. The molecule has 4 heteroatoms. The highest BCUT2D eigenvalue weighted by Crippen LogP contribution is 2.19. The van der Waals surface area contributed by atoms with Gasteiger partial charge in [-0.15, -0.1) is 0 Å². The van der Waals surface area contributed by atoms with Crippen molar-refractivity contribution >= 4 is 5.91 Å². The standard InChI is InChI=1S/C16H24N2O2/c1-3-12(2)18(9-13-7-5-4-6-8-13)16(19)14-10-20-11-15(14)17/h4-8,12,14-15H,3,9-11,17H2,1-2H3. The van der Waals surface area contributed by atoms with E-state index < -0.39 is 0 Å². The molecular weight excluding hydrogens is 252 g/mol. The summed E-state index contributed by atoms with van der Waals surface area (Å²) < 4.78 is 5.33. The van der Waals surface area contributed by atoms with E-state index >= 15 is 0 Å². The SMILES string of the molecule is CCC(C)N(Cc1ccccc1)C(=O)C1COCC1N. The predicted molar refractivity (Wildman–Crippen MR) is 79.0 cm³/mol. The fraction of sp³-hybridized carbons (Fsp3) is 0.562. The van der Waals surface area contributed by atoms with E-state index in [1.165, 1.54) is 0 Å². The Balaban J connectivity index is 2.13. The van der Waals surface area contributed by atoms with Crippen LogP contribution in [0.1, 0.15) is 25.8 Å². The van der Waals surface area contributed by atoms with Crippen LogP contribution in [0.5, 0.6) is 0 Å². The van der Waals surface area contributed by atoms with E-state index in [0.717, 1.165) is 12.0 Å². The molecule has 1 heterocycles. The van der Waals surface area contributed by atoms with Gasteiger partial charge in [0, 0.05) is 18.6 Å². The van der Waals surface area contributed by atoms with E-state index in [1.54, 1.807) is 0 Å². The second kappa shape index (κ2) is 6.86. The smallest absolute Gasteiger partial charge is 0.230 e. The van der Waals surface area contributed by atoms with Crippen LogP contribution in [-0.2, 0) is 16.1 Å². The summed E-state index contributed by atoms with van der Waals surface area (Å²) in [5.74, 6) is -0.0825. The average Bonchev–Trinajstić information content (AvgIpc) is 2.90. The largest absolute Gasteiger partial charge is 0.379 e. The molecule has 0 bridgehead atoms. The molecule has 1 saturated heterocycles. The van der Waals surface area contributed by atoms with Crippen molar-refractivity contribution in [1.29, 1.82) is 0 Å². The van der Waals surface area contributed by atoms with Crippen molar-refractivity contribution in [2.45, 2.75) is 38.9 Å². The maximum Gasteiger partial charge on any atom is 0.230 e. The Kier molecular flexibility index (Phi) is 5.15. The quantitative estimate of drug-likeness (QED) is 0.892. The van der Waals surface area contributed by atoms with E-state index in [1.807, 2.05) is 35.2 Å². The number of carbonyl (C=O) groups excluding carboxylic acids is 1. The Bertz CT molecular complexity index is 435.